The lowest BCUT2D eigenvalue weighted by Gasteiger charge is -2.13. The van der Waals surface area contributed by atoms with Gasteiger partial charge >= 0.3 is 0 Å². The first-order valence-electron chi connectivity index (χ1n) is 5.65. The summed E-state index contributed by atoms with van der Waals surface area (Å²) in [5, 5.41) is 10.9. The Kier molecular flexibility index (Phi) is 3.76. The molecule has 0 aromatic heterocycles. The van der Waals surface area contributed by atoms with Crippen LogP contribution in [0.15, 0.2) is 18.2 Å². The number of alkyl halides is 1. The van der Waals surface area contributed by atoms with Crippen LogP contribution in [-0.4, -0.2) is 9.75 Å². The molecule has 1 saturated carbocycles. The van der Waals surface area contributed by atoms with Crippen LogP contribution >= 0.6 is 15.9 Å². The third-order valence-electron chi connectivity index (χ3n) is 3.29. The highest BCUT2D eigenvalue weighted by atomic mass is 79.9. The molecule has 1 aromatic carbocycles. The third-order valence-corrected chi connectivity index (χ3v) is 4.49. The van der Waals surface area contributed by atoms with E-state index in [4.69, 9.17) is 0 Å². The summed E-state index contributed by atoms with van der Waals surface area (Å²) < 4.78 is 13.1. The van der Waals surface area contributed by atoms with Gasteiger partial charge < -0.3 is 0 Å². The number of nitrogens with zero attached hydrogens (tertiary/aromatic N) is 1. The number of hydrogen-bond donors (Lipinski definition) is 0. The quantitative estimate of drug-likeness (QED) is 0.483. The molecule has 1 fully saturated rings. The van der Waals surface area contributed by atoms with E-state index in [1.807, 2.05) is 0 Å². The van der Waals surface area contributed by atoms with Crippen LogP contribution in [0.3, 0.4) is 0 Å². The molecule has 17 heavy (non-hydrogen) atoms. The molecular formula is C12H13BrFNO2. The number of rotatable bonds is 3. The van der Waals surface area contributed by atoms with Crippen molar-refractivity contribution in [1.82, 2.24) is 0 Å². The van der Waals surface area contributed by atoms with Crippen LogP contribution in [0.1, 0.15) is 24.8 Å². The van der Waals surface area contributed by atoms with E-state index < -0.39 is 10.7 Å². The van der Waals surface area contributed by atoms with Gasteiger partial charge in [-0.05, 0) is 37.3 Å². The van der Waals surface area contributed by atoms with E-state index in [0.29, 0.717) is 22.7 Å². The average Bonchev–Trinajstić information content (AvgIpc) is 2.64. The third kappa shape index (κ3) is 2.83. The van der Waals surface area contributed by atoms with Gasteiger partial charge in [-0.3, -0.25) is 10.1 Å². The summed E-state index contributed by atoms with van der Waals surface area (Å²) >= 11 is 3.58. The Balaban J connectivity index is 2.24. The van der Waals surface area contributed by atoms with E-state index >= 15 is 0 Å². The van der Waals surface area contributed by atoms with E-state index in [1.165, 1.54) is 12.1 Å². The molecule has 0 heterocycles. The van der Waals surface area contributed by atoms with Gasteiger partial charge in [-0.15, -0.1) is 0 Å². The van der Waals surface area contributed by atoms with E-state index in [2.05, 4.69) is 15.9 Å². The molecule has 0 aliphatic heterocycles. The minimum atomic E-state index is -0.438. The van der Waals surface area contributed by atoms with Crippen LogP contribution in [0.5, 0.6) is 0 Å². The summed E-state index contributed by atoms with van der Waals surface area (Å²) in [5.41, 5.74) is 0.532. The van der Waals surface area contributed by atoms with Crippen LogP contribution in [0, 0.1) is 21.8 Å². The molecule has 3 nitrogen and oxygen atoms in total. The average molecular weight is 302 g/mol. The predicted octanol–water partition coefficient (Wildman–Crippen LogP) is 3.84. The fraction of sp³-hybridized carbons (Fsp3) is 0.500. The normalized spacial score (nSPS) is 23.9. The molecular weight excluding hydrogens is 289 g/mol. The Labute approximate surface area is 107 Å². The summed E-state index contributed by atoms with van der Waals surface area (Å²) in [4.78, 5) is 10.8. The zero-order valence-corrected chi connectivity index (χ0v) is 10.8. The monoisotopic (exact) mass is 301 g/mol. The second kappa shape index (κ2) is 5.12. The van der Waals surface area contributed by atoms with Crippen molar-refractivity contribution in [1.29, 1.82) is 0 Å². The minimum Gasteiger partial charge on any atom is -0.258 e. The molecule has 0 saturated heterocycles. The summed E-state index contributed by atoms with van der Waals surface area (Å²) in [6.07, 6.45) is 3.84. The van der Waals surface area contributed by atoms with Gasteiger partial charge in [0.2, 0.25) is 0 Å². The maximum absolute atomic E-state index is 13.1. The Morgan fingerprint density at radius 3 is 2.82 bits per heavy atom. The zero-order chi connectivity index (χ0) is 12.4. The second-order valence-corrected chi connectivity index (χ2v) is 5.62. The van der Waals surface area contributed by atoms with Crippen LogP contribution in [0.4, 0.5) is 10.1 Å². The van der Waals surface area contributed by atoms with Crippen molar-refractivity contribution in [3.63, 3.8) is 0 Å². The van der Waals surface area contributed by atoms with Gasteiger partial charge in [0, 0.05) is 16.5 Å². The summed E-state index contributed by atoms with van der Waals surface area (Å²) in [6, 6.07) is 3.68. The first-order valence-corrected chi connectivity index (χ1v) is 6.56. The van der Waals surface area contributed by atoms with E-state index in [1.54, 1.807) is 0 Å². The minimum absolute atomic E-state index is 0.0259. The SMILES string of the molecule is O=[N+]([O-])c1ccc(F)cc1CC1CCCC1Br. The van der Waals surface area contributed by atoms with Crippen LogP contribution in [0.2, 0.25) is 0 Å². The van der Waals surface area contributed by atoms with Gasteiger partial charge in [0.1, 0.15) is 5.82 Å². The number of nitro groups is 1. The molecule has 2 atom stereocenters. The van der Waals surface area contributed by atoms with Crippen LogP contribution in [0.25, 0.3) is 0 Å². The molecule has 0 bridgehead atoms. The summed E-state index contributed by atoms with van der Waals surface area (Å²) in [7, 11) is 0. The molecule has 1 aliphatic rings. The highest BCUT2D eigenvalue weighted by Crippen LogP contribution is 2.35. The Morgan fingerprint density at radius 2 is 2.24 bits per heavy atom. The van der Waals surface area contributed by atoms with E-state index in [9.17, 15) is 14.5 Å². The fourth-order valence-corrected chi connectivity index (χ4v) is 3.17. The van der Waals surface area contributed by atoms with E-state index in [-0.39, 0.29) is 5.69 Å². The zero-order valence-electron chi connectivity index (χ0n) is 9.23. The van der Waals surface area contributed by atoms with Crippen molar-refractivity contribution in [3.8, 4) is 0 Å². The topological polar surface area (TPSA) is 43.1 Å². The van der Waals surface area contributed by atoms with Gasteiger partial charge in [-0.1, -0.05) is 22.4 Å². The van der Waals surface area contributed by atoms with Crippen molar-refractivity contribution in [3.05, 3.63) is 39.7 Å². The highest BCUT2D eigenvalue weighted by molar-refractivity contribution is 9.09. The predicted molar refractivity (Wildman–Crippen MR) is 66.8 cm³/mol. The maximum Gasteiger partial charge on any atom is 0.272 e. The molecule has 1 aromatic rings. The first kappa shape index (κ1) is 12.5. The number of hydrogen-bond acceptors (Lipinski definition) is 2. The van der Waals surface area contributed by atoms with E-state index in [0.717, 1.165) is 25.3 Å². The van der Waals surface area contributed by atoms with Crippen LogP contribution < -0.4 is 0 Å². The molecule has 5 heteroatoms. The largest absolute Gasteiger partial charge is 0.272 e. The lowest BCUT2D eigenvalue weighted by atomic mass is 9.97. The maximum atomic E-state index is 13.1. The molecule has 0 spiro atoms. The molecule has 0 amide bonds. The Hall–Kier alpha value is -0.970. The molecule has 92 valence electrons. The number of benzene rings is 1. The fourth-order valence-electron chi connectivity index (χ4n) is 2.40. The number of nitro benzene ring substituents is 1. The summed E-state index contributed by atoms with van der Waals surface area (Å²) in [6.45, 7) is 0. The Bertz CT molecular complexity index is 439. The van der Waals surface area contributed by atoms with Crippen molar-refractivity contribution >= 4 is 21.6 Å². The van der Waals surface area contributed by atoms with Crippen molar-refractivity contribution in [2.45, 2.75) is 30.5 Å². The van der Waals surface area contributed by atoms with Crippen LogP contribution in [-0.2, 0) is 6.42 Å². The number of halogens is 2. The van der Waals surface area contributed by atoms with Gasteiger partial charge in [-0.2, -0.15) is 0 Å². The van der Waals surface area contributed by atoms with Crippen molar-refractivity contribution in [2.75, 3.05) is 0 Å². The van der Waals surface area contributed by atoms with Gasteiger partial charge in [0.15, 0.2) is 0 Å². The molecule has 2 rings (SSSR count). The molecule has 0 radical (unpaired) electrons. The van der Waals surface area contributed by atoms with Gasteiger partial charge in [0.05, 0.1) is 4.92 Å². The first-order chi connectivity index (χ1) is 8.08. The second-order valence-electron chi connectivity index (χ2n) is 4.44. The van der Waals surface area contributed by atoms with Crippen molar-refractivity contribution < 1.29 is 9.31 Å². The highest BCUT2D eigenvalue weighted by Gasteiger charge is 2.27. The molecule has 2 unspecified atom stereocenters. The summed E-state index contributed by atoms with van der Waals surface area (Å²) in [5.74, 6) is -0.0368. The van der Waals surface area contributed by atoms with Gasteiger partial charge in [-0.25, -0.2) is 4.39 Å². The van der Waals surface area contributed by atoms with Gasteiger partial charge in [0.25, 0.3) is 5.69 Å². The molecule has 1 aliphatic carbocycles. The smallest absolute Gasteiger partial charge is 0.258 e. The van der Waals surface area contributed by atoms with Crippen molar-refractivity contribution in [2.24, 2.45) is 5.92 Å². The lowest BCUT2D eigenvalue weighted by molar-refractivity contribution is -0.385. The Morgan fingerprint density at radius 1 is 1.47 bits per heavy atom. The lowest BCUT2D eigenvalue weighted by Crippen LogP contribution is -2.11. The molecule has 0 N–H and O–H groups in total. The standard InChI is InChI=1S/C12H13BrFNO2/c13-11-3-1-2-8(11)6-9-7-10(14)4-5-12(9)15(16)17/h4-5,7-8,11H,1-3,6H2.